The quantitative estimate of drug-likeness (QED) is 0.799. The summed E-state index contributed by atoms with van der Waals surface area (Å²) in [6, 6.07) is 4.34. The third-order valence-corrected chi connectivity index (χ3v) is 10.7. The zero-order valence-corrected chi connectivity index (χ0v) is 15.3. The van der Waals surface area contributed by atoms with Crippen LogP contribution in [0.4, 0.5) is 0 Å². The molecule has 5 nitrogen and oxygen atoms in total. The van der Waals surface area contributed by atoms with Gasteiger partial charge in [0.15, 0.2) is 6.29 Å². The van der Waals surface area contributed by atoms with E-state index in [1.807, 2.05) is 11.7 Å². The molecule has 0 radical (unpaired) electrons. The van der Waals surface area contributed by atoms with Crippen LogP contribution in [-0.4, -0.2) is 36.3 Å². The molecule has 2 heterocycles. The third-order valence-electron chi connectivity index (χ3n) is 5.18. The number of ether oxygens (including phenoxy) is 2. The number of hydrogen-bond acceptors (Lipinski definition) is 4. The minimum atomic E-state index is -1.74. The lowest BCUT2D eigenvalue weighted by molar-refractivity contribution is -0.0439. The maximum atomic E-state index is 5.70. The summed E-state index contributed by atoms with van der Waals surface area (Å²) in [5.74, 6) is 0. The highest BCUT2D eigenvalue weighted by molar-refractivity contribution is 6.93. The van der Waals surface area contributed by atoms with Crippen LogP contribution in [-0.2, 0) is 16.5 Å². The Kier molecular flexibility index (Phi) is 3.66. The van der Waals surface area contributed by atoms with Crippen molar-refractivity contribution in [3.63, 3.8) is 0 Å². The van der Waals surface area contributed by atoms with Crippen molar-refractivity contribution < 1.29 is 9.47 Å². The van der Waals surface area contributed by atoms with Gasteiger partial charge in [-0.05, 0) is 16.3 Å². The highest BCUT2D eigenvalue weighted by Crippen LogP contribution is 2.37. The van der Waals surface area contributed by atoms with Gasteiger partial charge in [-0.3, -0.25) is 0 Å². The van der Waals surface area contributed by atoms with Gasteiger partial charge in [-0.15, -0.1) is 5.10 Å². The molecule has 1 aliphatic rings. The number of fused-ring (bicyclic) bond motifs is 1. The zero-order chi connectivity index (χ0) is 16.1. The molecule has 1 aliphatic heterocycles. The van der Waals surface area contributed by atoms with E-state index < -0.39 is 8.07 Å². The van der Waals surface area contributed by atoms with Crippen molar-refractivity contribution in [2.24, 2.45) is 7.05 Å². The maximum Gasteiger partial charge on any atom is 0.184 e. The van der Waals surface area contributed by atoms with E-state index in [2.05, 4.69) is 56.3 Å². The molecular weight excluding hydrogens is 294 g/mol. The molecule has 1 aromatic heterocycles. The van der Waals surface area contributed by atoms with Gasteiger partial charge in [0.25, 0.3) is 0 Å². The smallest absolute Gasteiger partial charge is 0.184 e. The summed E-state index contributed by atoms with van der Waals surface area (Å²) in [4.78, 5) is 0. The van der Waals surface area contributed by atoms with Crippen LogP contribution >= 0.6 is 0 Å². The average molecular weight is 319 g/mol. The monoisotopic (exact) mass is 319 g/mol. The first-order chi connectivity index (χ1) is 10.2. The fraction of sp³-hybridized carbons (Fsp3) is 0.625. The van der Waals surface area contributed by atoms with Crippen molar-refractivity contribution in [2.45, 2.75) is 45.2 Å². The van der Waals surface area contributed by atoms with Crippen LogP contribution in [0.5, 0.6) is 0 Å². The Labute approximate surface area is 132 Å². The molecule has 0 aliphatic carbocycles. The third kappa shape index (κ3) is 2.39. The topological polar surface area (TPSA) is 49.2 Å². The molecule has 0 amide bonds. The van der Waals surface area contributed by atoms with Crippen LogP contribution in [0.25, 0.3) is 11.0 Å². The minimum absolute atomic E-state index is 0.230. The molecule has 3 rings (SSSR count). The van der Waals surface area contributed by atoms with Crippen LogP contribution in [0.3, 0.4) is 0 Å². The van der Waals surface area contributed by atoms with Crippen molar-refractivity contribution in [2.75, 3.05) is 13.2 Å². The fourth-order valence-corrected chi connectivity index (χ4v) is 4.83. The number of nitrogens with zero attached hydrogens (tertiary/aromatic N) is 3. The Morgan fingerprint density at radius 3 is 2.41 bits per heavy atom. The van der Waals surface area contributed by atoms with Gasteiger partial charge in [0.2, 0.25) is 0 Å². The lowest BCUT2D eigenvalue weighted by Gasteiger charge is -2.37. The van der Waals surface area contributed by atoms with Gasteiger partial charge in [0.05, 0.1) is 26.8 Å². The first kappa shape index (κ1) is 15.6. The lowest BCUT2D eigenvalue weighted by Crippen LogP contribution is -2.50. The summed E-state index contributed by atoms with van der Waals surface area (Å²) in [5.41, 5.74) is 3.16. The zero-order valence-electron chi connectivity index (χ0n) is 14.3. The van der Waals surface area contributed by atoms with Crippen molar-refractivity contribution in [1.29, 1.82) is 0 Å². The van der Waals surface area contributed by atoms with Gasteiger partial charge in [0, 0.05) is 12.6 Å². The second kappa shape index (κ2) is 5.14. The molecule has 120 valence electrons. The minimum Gasteiger partial charge on any atom is -0.346 e. The second-order valence-electron chi connectivity index (χ2n) is 7.60. The maximum absolute atomic E-state index is 5.70. The SMILES string of the molecule is Cn1nnc2c([Si](C)(C)C(C)(C)C)cc(C3OCCO3)cc21. The molecule has 1 fully saturated rings. The van der Waals surface area contributed by atoms with Crippen molar-refractivity contribution >= 4 is 24.3 Å². The molecule has 0 unspecified atom stereocenters. The standard InChI is InChI=1S/C16H25N3O2Si/c1-16(2,3)22(5,6)13-10-11(15-20-7-8-21-15)9-12-14(13)17-18-19(12)4/h9-10,15H,7-8H2,1-6H3. The van der Waals surface area contributed by atoms with Crippen LogP contribution in [0.15, 0.2) is 12.1 Å². The Morgan fingerprint density at radius 1 is 1.18 bits per heavy atom. The van der Waals surface area contributed by atoms with Crippen LogP contribution < -0.4 is 5.19 Å². The van der Waals surface area contributed by atoms with E-state index in [9.17, 15) is 0 Å². The molecule has 0 N–H and O–H groups in total. The van der Waals surface area contributed by atoms with Gasteiger partial charge in [0.1, 0.15) is 5.52 Å². The molecule has 6 heteroatoms. The lowest BCUT2D eigenvalue weighted by atomic mass is 10.2. The normalized spacial score (nSPS) is 17.5. The highest BCUT2D eigenvalue weighted by Gasteiger charge is 2.39. The average Bonchev–Trinajstić information content (AvgIpc) is 3.07. The Balaban J connectivity index is 2.23. The number of aromatic nitrogens is 3. The molecule has 22 heavy (non-hydrogen) atoms. The summed E-state index contributed by atoms with van der Waals surface area (Å²) in [6.07, 6.45) is -0.261. The molecular formula is C16H25N3O2Si. The predicted octanol–water partition coefficient (Wildman–Crippen LogP) is 2.73. The van der Waals surface area contributed by atoms with Gasteiger partial charge in [-0.2, -0.15) is 0 Å². The number of benzene rings is 1. The molecule has 2 aromatic rings. The van der Waals surface area contributed by atoms with E-state index in [-0.39, 0.29) is 11.3 Å². The first-order valence-electron chi connectivity index (χ1n) is 7.79. The van der Waals surface area contributed by atoms with Crippen LogP contribution in [0.1, 0.15) is 32.6 Å². The van der Waals surface area contributed by atoms with E-state index in [4.69, 9.17) is 9.47 Å². The van der Waals surface area contributed by atoms with Crippen molar-refractivity contribution in [3.05, 3.63) is 17.7 Å². The second-order valence-corrected chi connectivity index (χ2v) is 12.9. The first-order valence-corrected chi connectivity index (χ1v) is 10.8. The number of aryl methyl sites for hydroxylation is 1. The molecule has 0 spiro atoms. The van der Waals surface area contributed by atoms with Crippen LogP contribution in [0, 0.1) is 0 Å². The largest absolute Gasteiger partial charge is 0.346 e. The summed E-state index contributed by atoms with van der Waals surface area (Å²) in [6.45, 7) is 13.1. The fourth-order valence-electron chi connectivity index (χ4n) is 2.72. The molecule has 0 atom stereocenters. The van der Waals surface area contributed by atoms with Crippen molar-refractivity contribution in [3.8, 4) is 0 Å². The molecule has 0 saturated carbocycles. The van der Waals surface area contributed by atoms with Gasteiger partial charge < -0.3 is 9.47 Å². The Hall–Kier alpha value is -1.24. The van der Waals surface area contributed by atoms with E-state index in [1.54, 1.807) is 0 Å². The molecule has 1 saturated heterocycles. The van der Waals surface area contributed by atoms with E-state index in [0.29, 0.717) is 13.2 Å². The Bertz CT molecular complexity index is 697. The predicted molar refractivity (Wildman–Crippen MR) is 90.0 cm³/mol. The summed E-state index contributed by atoms with van der Waals surface area (Å²) >= 11 is 0. The number of rotatable bonds is 2. The van der Waals surface area contributed by atoms with E-state index in [1.165, 1.54) is 5.19 Å². The van der Waals surface area contributed by atoms with Gasteiger partial charge >= 0.3 is 0 Å². The van der Waals surface area contributed by atoms with Crippen molar-refractivity contribution in [1.82, 2.24) is 15.0 Å². The molecule has 1 aromatic carbocycles. The molecule has 0 bridgehead atoms. The van der Waals surface area contributed by atoms with Gasteiger partial charge in [-0.1, -0.05) is 45.1 Å². The Morgan fingerprint density at radius 2 is 1.82 bits per heavy atom. The van der Waals surface area contributed by atoms with Gasteiger partial charge in [-0.25, -0.2) is 4.68 Å². The highest BCUT2D eigenvalue weighted by atomic mass is 28.3. The van der Waals surface area contributed by atoms with E-state index in [0.717, 1.165) is 16.6 Å². The number of hydrogen-bond donors (Lipinski definition) is 0. The summed E-state index contributed by atoms with van der Waals surface area (Å²) < 4.78 is 13.2. The summed E-state index contributed by atoms with van der Waals surface area (Å²) in [7, 11) is 0.194. The van der Waals surface area contributed by atoms with E-state index >= 15 is 0 Å². The van der Waals surface area contributed by atoms with Crippen LogP contribution in [0.2, 0.25) is 18.1 Å². The summed E-state index contributed by atoms with van der Waals surface area (Å²) in [5, 5.41) is 10.2.